The number of aromatic nitrogens is 3. The summed E-state index contributed by atoms with van der Waals surface area (Å²) in [5, 5.41) is 9.07. The highest BCUT2D eigenvalue weighted by Crippen LogP contribution is 2.29. The van der Waals surface area contributed by atoms with Crippen molar-refractivity contribution < 1.29 is 4.74 Å². The van der Waals surface area contributed by atoms with E-state index >= 15 is 0 Å². The molecule has 0 atom stereocenters. The zero-order valence-corrected chi connectivity index (χ0v) is 18.1. The average molecular weight is 426 g/mol. The number of hydrogen-bond acceptors (Lipinski definition) is 5. The molecular formula is C23H28ClN5O. The molecule has 4 rings (SSSR count). The molecule has 0 aliphatic carbocycles. The maximum Gasteiger partial charge on any atom is 0.142 e. The molecule has 158 valence electrons. The van der Waals surface area contributed by atoms with E-state index < -0.39 is 0 Å². The van der Waals surface area contributed by atoms with Crippen molar-refractivity contribution in [2.24, 2.45) is 0 Å². The van der Waals surface area contributed by atoms with Crippen molar-refractivity contribution in [3.8, 4) is 17.0 Å². The third-order valence-corrected chi connectivity index (χ3v) is 5.99. The Morgan fingerprint density at radius 3 is 2.47 bits per heavy atom. The van der Waals surface area contributed by atoms with Gasteiger partial charge in [-0.2, -0.15) is 0 Å². The summed E-state index contributed by atoms with van der Waals surface area (Å²) in [6.07, 6.45) is 3.99. The first-order valence-corrected chi connectivity index (χ1v) is 10.9. The Labute approximate surface area is 183 Å². The Morgan fingerprint density at radius 2 is 1.67 bits per heavy atom. The zero-order chi connectivity index (χ0) is 20.8. The molecule has 30 heavy (non-hydrogen) atoms. The highest BCUT2D eigenvalue weighted by atomic mass is 35.5. The van der Waals surface area contributed by atoms with Crippen molar-refractivity contribution in [2.45, 2.75) is 19.4 Å². The molecule has 0 saturated carbocycles. The van der Waals surface area contributed by atoms with Crippen molar-refractivity contribution in [3.63, 3.8) is 0 Å². The maximum absolute atomic E-state index is 6.34. The fraction of sp³-hybridized carbons (Fsp3) is 0.391. The van der Waals surface area contributed by atoms with E-state index in [1.165, 1.54) is 5.69 Å². The van der Waals surface area contributed by atoms with Crippen LogP contribution in [-0.2, 0) is 6.54 Å². The van der Waals surface area contributed by atoms with Gasteiger partial charge >= 0.3 is 0 Å². The molecule has 1 saturated heterocycles. The van der Waals surface area contributed by atoms with Crippen molar-refractivity contribution in [2.75, 3.05) is 44.7 Å². The lowest BCUT2D eigenvalue weighted by molar-refractivity contribution is 0.250. The summed E-state index contributed by atoms with van der Waals surface area (Å²) < 4.78 is 7.47. The largest absolute Gasteiger partial charge is 0.495 e. The van der Waals surface area contributed by atoms with E-state index in [-0.39, 0.29) is 0 Å². The van der Waals surface area contributed by atoms with E-state index in [0.29, 0.717) is 0 Å². The summed E-state index contributed by atoms with van der Waals surface area (Å²) in [6.45, 7) is 6.16. The second-order valence-electron chi connectivity index (χ2n) is 7.53. The lowest BCUT2D eigenvalue weighted by Gasteiger charge is -2.36. The molecule has 0 N–H and O–H groups in total. The van der Waals surface area contributed by atoms with Crippen LogP contribution in [0.25, 0.3) is 11.3 Å². The van der Waals surface area contributed by atoms with E-state index in [1.54, 1.807) is 13.3 Å². The second kappa shape index (κ2) is 9.96. The molecule has 1 aliphatic heterocycles. The second-order valence-corrected chi connectivity index (χ2v) is 7.94. The van der Waals surface area contributed by atoms with Crippen molar-refractivity contribution >= 4 is 17.3 Å². The van der Waals surface area contributed by atoms with Gasteiger partial charge in [-0.1, -0.05) is 47.1 Å². The Hall–Kier alpha value is -2.57. The summed E-state index contributed by atoms with van der Waals surface area (Å²) in [6, 6.07) is 16.1. The molecule has 2 aromatic carbocycles. The third-order valence-electron chi connectivity index (χ3n) is 5.66. The predicted octanol–water partition coefficient (Wildman–Crippen LogP) is 4.21. The number of hydrogen-bond donors (Lipinski definition) is 0. The maximum atomic E-state index is 6.34. The minimum atomic E-state index is 0.731. The molecule has 0 bridgehead atoms. The van der Waals surface area contributed by atoms with Crippen LogP contribution in [-0.4, -0.2) is 59.7 Å². The first-order valence-electron chi connectivity index (χ1n) is 10.5. The summed E-state index contributed by atoms with van der Waals surface area (Å²) in [5.74, 6) is 0.952. The quantitative estimate of drug-likeness (QED) is 0.506. The number of ether oxygens (including phenoxy) is 1. The predicted molar refractivity (Wildman–Crippen MR) is 121 cm³/mol. The number of methoxy groups -OCH3 is 1. The molecule has 1 fully saturated rings. The Kier molecular flexibility index (Phi) is 6.87. The minimum Gasteiger partial charge on any atom is -0.495 e. The van der Waals surface area contributed by atoms with Gasteiger partial charge in [0.15, 0.2) is 0 Å². The highest BCUT2D eigenvalue weighted by Gasteiger charge is 2.19. The van der Waals surface area contributed by atoms with Crippen LogP contribution in [0.4, 0.5) is 5.69 Å². The van der Waals surface area contributed by atoms with E-state index in [2.05, 4.69) is 32.2 Å². The topological polar surface area (TPSA) is 46.4 Å². The van der Waals surface area contributed by atoms with Crippen LogP contribution in [0.5, 0.6) is 5.75 Å². The number of nitrogens with zero attached hydrogens (tertiary/aromatic N) is 5. The molecule has 3 aromatic rings. The molecular weight excluding hydrogens is 398 g/mol. The smallest absolute Gasteiger partial charge is 0.142 e. The lowest BCUT2D eigenvalue weighted by atomic mass is 10.1. The number of halogens is 1. The number of piperazine rings is 1. The number of unbranched alkanes of at least 4 members (excludes halogenated alkanes) is 1. The fourth-order valence-electron chi connectivity index (χ4n) is 4.00. The van der Waals surface area contributed by atoms with Gasteiger partial charge in [-0.15, -0.1) is 5.10 Å². The molecule has 7 heteroatoms. The van der Waals surface area contributed by atoms with E-state index in [1.807, 2.05) is 41.1 Å². The normalized spacial score (nSPS) is 14.8. The Bertz CT molecular complexity index is 952. The monoisotopic (exact) mass is 425 g/mol. The zero-order valence-electron chi connectivity index (χ0n) is 17.4. The van der Waals surface area contributed by atoms with Crippen molar-refractivity contribution in [3.05, 3.63) is 59.8 Å². The SMILES string of the molecule is COc1ccccc1N1CCN(CCCCn2nncc2-c2ccccc2Cl)CC1. The summed E-state index contributed by atoms with van der Waals surface area (Å²) in [5.41, 5.74) is 3.15. The van der Waals surface area contributed by atoms with Crippen LogP contribution in [0.1, 0.15) is 12.8 Å². The first kappa shape index (κ1) is 20.7. The Balaban J connectivity index is 1.23. The Morgan fingerprint density at radius 1 is 0.933 bits per heavy atom. The molecule has 0 spiro atoms. The van der Waals surface area contributed by atoms with Gasteiger partial charge in [-0.3, -0.25) is 4.90 Å². The van der Waals surface area contributed by atoms with Gasteiger partial charge in [0.05, 0.1) is 29.7 Å². The average Bonchev–Trinajstić information content (AvgIpc) is 3.26. The number of rotatable bonds is 8. The fourth-order valence-corrected chi connectivity index (χ4v) is 4.23. The minimum absolute atomic E-state index is 0.731. The molecule has 1 aliphatic rings. The molecule has 2 heterocycles. The molecule has 0 unspecified atom stereocenters. The molecule has 0 amide bonds. The first-order chi connectivity index (χ1) is 14.8. The van der Waals surface area contributed by atoms with E-state index in [9.17, 15) is 0 Å². The summed E-state index contributed by atoms with van der Waals surface area (Å²) >= 11 is 6.34. The van der Waals surface area contributed by atoms with Crippen LogP contribution >= 0.6 is 11.6 Å². The number of benzene rings is 2. The van der Waals surface area contributed by atoms with Gasteiger partial charge in [0.2, 0.25) is 0 Å². The number of para-hydroxylation sites is 2. The van der Waals surface area contributed by atoms with Gasteiger partial charge in [0.1, 0.15) is 5.75 Å². The van der Waals surface area contributed by atoms with Crippen LogP contribution in [0.3, 0.4) is 0 Å². The molecule has 6 nitrogen and oxygen atoms in total. The lowest BCUT2D eigenvalue weighted by Crippen LogP contribution is -2.46. The van der Waals surface area contributed by atoms with E-state index in [0.717, 1.165) is 74.1 Å². The standard InChI is InChI=1S/C23H28ClN5O/c1-30-23-11-5-4-10-21(23)28-16-14-27(15-17-28)12-6-7-13-29-22(18-25-26-29)19-8-2-3-9-20(19)24/h2-5,8-11,18H,6-7,12-17H2,1H3. The summed E-state index contributed by atoms with van der Waals surface area (Å²) in [7, 11) is 1.74. The number of aryl methyl sites for hydroxylation is 1. The van der Waals surface area contributed by atoms with Crippen molar-refractivity contribution in [1.29, 1.82) is 0 Å². The van der Waals surface area contributed by atoms with Gasteiger partial charge in [-0.05, 0) is 37.6 Å². The number of anilines is 1. The van der Waals surface area contributed by atoms with Crippen molar-refractivity contribution in [1.82, 2.24) is 19.9 Å². The van der Waals surface area contributed by atoms with Gasteiger partial charge in [-0.25, -0.2) is 4.68 Å². The van der Waals surface area contributed by atoms with E-state index in [4.69, 9.17) is 16.3 Å². The highest BCUT2D eigenvalue weighted by molar-refractivity contribution is 6.33. The summed E-state index contributed by atoms with van der Waals surface area (Å²) in [4.78, 5) is 4.96. The van der Waals surface area contributed by atoms with Crippen LogP contribution < -0.4 is 9.64 Å². The van der Waals surface area contributed by atoms with Crippen LogP contribution in [0.15, 0.2) is 54.7 Å². The molecule has 1 aromatic heterocycles. The van der Waals surface area contributed by atoms with Gasteiger partial charge in [0.25, 0.3) is 0 Å². The van der Waals surface area contributed by atoms with Gasteiger partial charge < -0.3 is 9.64 Å². The molecule has 0 radical (unpaired) electrons. The van der Waals surface area contributed by atoms with Crippen LogP contribution in [0.2, 0.25) is 5.02 Å². The third kappa shape index (κ3) is 4.77. The van der Waals surface area contributed by atoms with Gasteiger partial charge in [0, 0.05) is 38.3 Å². The van der Waals surface area contributed by atoms with Crippen LogP contribution in [0, 0.1) is 0 Å².